The first-order valence-electron chi connectivity index (χ1n) is 8.82. The number of para-hydroxylation sites is 2. The summed E-state index contributed by atoms with van der Waals surface area (Å²) >= 11 is 0. The minimum Gasteiger partial charge on any atom is -0.290 e. The number of benzene rings is 2. The molecule has 4 rings (SSSR count). The molecule has 0 saturated heterocycles. The second kappa shape index (κ2) is 6.67. The molecule has 5 nitrogen and oxygen atoms in total. The van der Waals surface area contributed by atoms with Crippen LogP contribution in [0.15, 0.2) is 59.4 Å². The Bertz CT molecular complexity index is 1130. The van der Waals surface area contributed by atoms with Gasteiger partial charge in [0.1, 0.15) is 5.82 Å². The molecule has 4 aromatic rings. The number of hydrogen-bond donors (Lipinski definition) is 0. The Morgan fingerprint density at radius 2 is 1.54 bits per heavy atom. The van der Waals surface area contributed by atoms with Gasteiger partial charge in [-0.25, -0.2) is 15.0 Å². The Balaban J connectivity index is 1.96. The largest absolute Gasteiger partial charge is 0.290 e. The molecule has 0 spiro atoms. The van der Waals surface area contributed by atoms with Crippen molar-refractivity contribution in [2.45, 2.75) is 26.8 Å². The van der Waals surface area contributed by atoms with Crippen molar-refractivity contribution in [2.75, 3.05) is 0 Å². The minimum absolute atomic E-state index is 0.132. The summed E-state index contributed by atoms with van der Waals surface area (Å²) in [5, 5.41) is 0. The topological polar surface area (TPSA) is 60.7 Å². The van der Waals surface area contributed by atoms with Crippen LogP contribution in [0.25, 0.3) is 22.2 Å². The maximum atomic E-state index is 13.2. The molecule has 0 fully saturated rings. The summed E-state index contributed by atoms with van der Waals surface area (Å²) in [7, 11) is 0. The van der Waals surface area contributed by atoms with E-state index in [-0.39, 0.29) is 5.56 Å². The third-order valence-corrected chi connectivity index (χ3v) is 4.32. The molecule has 0 aliphatic heterocycles. The average Bonchev–Trinajstić information content (AvgIpc) is 2.64. The molecule has 2 heterocycles. The summed E-state index contributed by atoms with van der Waals surface area (Å²) in [6.07, 6.45) is 0.715. The van der Waals surface area contributed by atoms with Crippen LogP contribution in [0.4, 0.5) is 0 Å². The molecular weight excluding hydrogens is 324 g/mol. The number of hydrogen-bond acceptors (Lipinski definition) is 4. The highest BCUT2D eigenvalue weighted by Crippen LogP contribution is 2.15. The zero-order valence-corrected chi connectivity index (χ0v) is 14.9. The monoisotopic (exact) mass is 344 g/mol. The van der Waals surface area contributed by atoms with E-state index in [4.69, 9.17) is 4.98 Å². The molecule has 0 bridgehead atoms. The molecule has 0 aliphatic rings. The second-order valence-electron chi connectivity index (χ2n) is 6.89. The normalized spacial score (nSPS) is 11.5. The van der Waals surface area contributed by atoms with Crippen molar-refractivity contribution in [3.05, 3.63) is 76.3 Å². The van der Waals surface area contributed by atoms with E-state index in [0.29, 0.717) is 35.6 Å². The zero-order valence-electron chi connectivity index (χ0n) is 14.9. The third-order valence-electron chi connectivity index (χ3n) is 4.32. The number of nitrogens with zero attached hydrogens (tertiary/aromatic N) is 4. The van der Waals surface area contributed by atoms with Gasteiger partial charge in [-0.15, -0.1) is 0 Å². The van der Waals surface area contributed by atoms with E-state index >= 15 is 0 Å². The molecule has 0 aliphatic carbocycles. The highest BCUT2D eigenvalue weighted by Gasteiger charge is 2.15. The Kier molecular flexibility index (Phi) is 4.21. The van der Waals surface area contributed by atoms with E-state index in [2.05, 4.69) is 23.8 Å². The first kappa shape index (κ1) is 16.4. The van der Waals surface area contributed by atoms with Crippen LogP contribution in [0.3, 0.4) is 0 Å². The van der Waals surface area contributed by atoms with Gasteiger partial charge >= 0.3 is 0 Å². The molecule has 2 aromatic carbocycles. The smallest absolute Gasteiger partial charge is 0.282 e. The van der Waals surface area contributed by atoms with Crippen molar-refractivity contribution in [3.63, 3.8) is 0 Å². The second-order valence-corrected chi connectivity index (χ2v) is 6.89. The standard InChI is InChI=1S/C21H20N4O/c1-14(2)12-18-24-20-19(22-16-10-6-7-11-17(16)23-20)21(26)25(18)13-15-8-4-3-5-9-15/h3-11,14H,12-13H2,1-2H3. The van der Waals surface area contributed by atoms with Crippen LogP contribution in [0, 0.1) is 5.92 Å². The van der Waals surface area contributed by atoms with E-state index in [0.717, 1.165) is 16.9 Å². The van der Waals surface area contributed by atoms with Crippen molar-refractivity contribution < 1.29 is 0 Å². The minimum atomic E-state index is -0.132. The molecular formula is C21H20N4O. The van der Waals surface area contributed by atoms with Crippen LogP contribution in [0.5, 0.6) is 0 Å². The van der Waals surface area contributed by atoms with Crippen molar-refractivity contribution in [1.82, 2.24) is 19.5 Å². The molecule has 0 N–H and O–H groups in total. The molecule has 0 amide bonds. The van der Waals surface area contributed by atoms with Crippen molar-refractivity contribution in [3.8, 4) is 0 Å². The fourth-order valence-corrected chi connectivity index (χ4v) is 3.09. The first-order chi connectivity index (χ1) is 12.6. The van der Waals surface area contributed by atoms with Crippen LogP contribution >= 0.6 is 0 Å². The van der Waals surface area contributed by atoms with Gasteiger partial charge in [0, 0.05) is 6.42 Å². The van der Waals surface area contributed by atoms with Crippen LogP contribution < -0.4 is 5.56 Å². The van der Waals surface area contributed by atoms with Gasteiger partial charge in [0.25, 0.3) is 5.56 Å². The Hall–Kier alpha value is -3.08. The van der Waals surface area contributed by atoms with E-state index in [1.54, 1.807) is 4.57 Å². The van der Waals surface area contributed by atoms with Gasteiger partial charge in [0.15, 0.2) is 11.2 Å². The Labute approximate surface area is 151 Å². The molecule has 2 aromatic heterocycles. The van der Waals surface area contributed by atoms with E-state index in [1.807, 2.05) is 54.6 Å². The summed E-state index contributed by atoms with van der Waals surface area (Å²) in [5.74, 6) is 1.14. The number of rotatable bonds is 4. The quantitative estimate of drug-likeness (QED) is 0.531. The average molecular weight is 344 g/mol. The maximum Gasteiger partial charge on any atom is 0.282 e. The first-order valence-corrected chi connectivity index (χ1v) is 8.82. The van der Waals surface area contributed by atoms with Gasteiger partial charge in [-0.1, -0.05) is 56.3 Å². The Morgan fingerprint density at radius 3 is 2.23 bits per heavy atom. The lowest BCUT2D eigenvalue weighted by molar-refractivity contribution is 0.573. The van der Waals surface area contributed by atoms with E-state index in [9.17, 15) is 4.79 Å². The summed E-state index contributed by atoms with van der Waals surface area (Å²) in [5.41, 5.74) is 3.15. The fraction of sp³-hybridized carbons (Fsp3) is 0.238. The summed E-state index contributed by atoms with van der Waals surface area (Å²) < 4.78 is 1.74. The Morgan fingerprint density at radius 1 is 0.885 bits per heavy atom. The molecule has 5 heteroatoms. The van der Waals surface area contributed by atoms with Crippen LogP contribution in [-0.4, -0.2) is 19.5 Å². The summed E-state index contributed by atoms with van der Waals surface area (Å²) in [6, 6.07) is 17.5. The lowest BCUT2D eigenvalue weighted by Crippen LogP contribution is -2.27. The van der Waals surface area contributed by atoms with Crippen molar-refractivity contribution in [1.29, 1.82) is 0 Å². The van der Waals surface area contributed by atoms with E-state index in [1.165, 1.54) is 0 Å². The van der Waals surface area contributed by atoms with Crippen LogP contribution in [0.2, 0.25) is 0 Å². The molecule has 0 radical (unpaired) electrons. The highest BCUT2D eigenvalue weighted by atomic mass is 16.1. The molecule has 26 heavy (non-hydrogen) atoms. The molecule has 0 unspecified atom stereocenters. The zero-order chi connectivity index (χ0) is 18.1. The van der Waals surface area contributed by atoms with Gasteiger partial charge in [0.05, 0.1) is 17.6 Å². The predicted molar refractivity (Wildman–Crippen MR) is 103 cm³/mol. The maximum absolute atomic E-state index is 13.2. The molecule has 0 saturated carbocycles. The fourth-order valence-electron chi connectivity index (χ4n) is 3.09. The van der Waals surface area contributed by atoms with Gasteiger partial charge in [-0.2, -0.15) is 0 Å². The van der Waals surface area contributed by atoms with Gasteiger partial charge in [0.2, 0.25) is 0 Å². The van der Waals surface area contributed by atoms with Crippen molar-refractivity contribution in [2.24, 2.45) is 5.92 Å². The predicted octanol–water partition coefficient (Wildman–Crippen LogP) is 3.59. The molecule has 130 valence electrons. The van der Waals surface area contributed by atoms with Gasteiger partial charge in [-0.3, -0.25) is 9.36 Å². The molecule has 0 atom stereocenters. The lowest BCUT2D eigenvalue weighted by Gasteiger charge is -2.14. The summed E-state index contributed by atoms with van der Waals surface area (Å²) in [6.45, 7) is 4.73. The van der Waals surface area contributed by atoms with Crippen LogP contribution in [0.1, 0.15) is 25.2 Å². The van der Waals surface area contributed by atoms with E-state index < -0.39 is 0 Å². The SMILES string of the molecule is CC(C)Cc1nc2nc3ccccc3nc2c(=O)n1Cc1ccccc1. The third kappa shape index (κ3) is 3.08. The number of fused-ring (bicyclic) bond motifs is 2. The van der Waals surface area contributed by atoms with Gasteiger partial charge in [-0.05, 0) is 23.6 Å². The van der Waals surface area contributed by atoms with Crippen molar-refractivity contribution >= 4 is 22.2 Å². The lowest BCUT2D eigenvalue weighted by atomic mass is 10.1. The number of aromatic nitrogens is 4. The van der Waals surface area contributed by atoms with Gasteiger partial charge < -0.3 is 0 Å². The summed E-state index contributed by atoms with van der Waals surface area (Å²) in [4.78, 5) is 27.0. The highest BCUT2D eigenvalue weighted by molar-refractivity contribution is 5.83. The van der Waals surface area contributed by atoms with Crippen LogP contribution in [-0.2, 0) is 13.0 Å².